The Morgan fingerprint density at radius 1 is 0.280 bits per heavy atom. The first-order chi connectivity index (χ1) is 48.2. The second-order valence-corrected chi connectivity index (χ2v) is 33.5. The van der Waals surface area contributed by atoms with Crippen molar-refractivity contribution in [2.45, 2.75) is 433 Å². The van der Waals surface area contributed by atoms with Gasteiger partial charge in [-0.2, -0.15) is 0 Å². The zero-order valence-corrected chi connectivity index (χ0v) is 67.6. The summed E-state index contributed by atoms with van der Waals surface area (Å²) in [5.74, 6) is 1.00. The molecule has 17 nitrogen and oxygen atoms in total. The highest BCUT2D eigenvalue weighted by Gasteiger charge is 2.30. The van der Waals surface area contributed by atoms with Gasteiger partial charge in [0.1, 0.15) is 19.3 Å². The van der Waals surface area contributed by atoms with Crippen molar-refractivity contribution in [1.82, 2.24) is 0 Å². The van der Waals surface area contributed by atoms with Crippen molar-refractivity contribution in [3.8, 4) is 0 Å². The average Bonchev–Trinajstić information content (AvgIpc) is 0.961. The number of rotatable bonds is 78. The van der Waals surface area contributed by atoms with Crippen LogP contribution in [0.3, 0.4) is 0 Å². The Morgan fingerprint density at radius 2 is 0.480 bits per heavy atom. The Kier molecular flexibility index (Phi) is 68.7. The van der Waals surface area contributed by atoms with Crippen LogP contribution in [-0.4, -0.2) is 96.7 Å². The van der Waals surface area contributed by atoms with E-state index in [0.29, 0.717) is 31.6 Å². The lowest BCUT2D eigenvalue weighted by molar-refractivity contribution is -0.161. The topological polar surface area (TPSA) is 237 Å². The third-order valence-corrected chi connectivity index (χ3v) is 21.4. The van der Waals surface area contributed by atoms with Crippen LogP contribution in [0.4, 0.5) is 0 Å². The number of hydrogen-bond acceptors (Lipinski definition) is 15. The Bertz CT molecular complexity index is 1960. The van der Waals surface area contributed by atoms with Crippen LogP contribution < -0.4 is 0 Å². The van der Waals surface area contributed by atoms with Gasteiger partial charge < -0.3 is 33.8 Å². The SMILES string of the molecule is CCC(C)CCCCCCCCCCCCCCCCC(=O)OC[C@H](COP(=O)(O)OC[C@@H](O)COP(=O)(O)OC[C@@H](COC(=O)CCCCCCCCC(C)C)OC(=O)CCCCCCCCCCC(C)CC)OC(=O)CCCCCCCCCCCCCCCCCCCCC(C)C. The second-order valence-electron chi connectivity index (χ2n) is 30.6. The number of esters is 4. The highest BCUT2D eigenvalue weighted by Crippen LogP contribution is 2.45. The molecule has 0 rings (SSSR count). The monoisotopic (exact) mass is 1470 g/mol. The highest BCUT2D eigenvalue weighted by atomic mass is 31.2. The van der Waals surface area contributed by atoms with E-state index in [1.807, 2.05) is 0 Å². The van der Waals surface area contributed by atoms with E-state index >= 15 is 0 Å². The van der Waals surface area contributed by atoms with Crippen LogP contribution in [0.1, 0.15) is 415 Å². The number of phosphoric ester groups is 2. The first-order valence-corrected chi connectivity index (χ1v) is 44.8. The van der Waals surface area contributed by atoms with E-state index in [2.05, 4.69) is 55.4 Å². The van der Waals surface area contributed by atoms with Crippen molar-refractivity contribution < 1.29 is 80.2 Å². The van der Waals surface area contributed by atoms with Crippen molar-refractivity contribution >= 4 is 39.5 Å². The van der Waals surface area contributed by atoms with Gasteiger partial charge in [-0.1, -0.05) is 364 Å². The fourth-order valence-corrected chi connectivity index (χ4v) is 13.9. The predicted octanol–water partition coefficient (Wildman–Crippen LogP) is 24.0. The lowest BCUT2D eigenvalue weighted by Gasteiger charge is -2.21. The lowest BCUT2D eigenvalue weighted by atomic mass is 9.99. The number of ether oxygens (including phenoxy) is 4. The van der Waals surface area contributed by atoms with Gasteiger partial charge in [-0.25, -0.2) is 9.13 Å². The molecule has 0 aliphatic rings. The van der Waals surface area contributed by atoms with Gasteiger partial charge in [0.15, 0.2) is 12.2 Å². The van der Waals surface area contributed by atoms with E-state index in [1.165, 1.54) is 212 Å². The normalized spacial score (nSPS) is 14.6. The quantitative estimate of drug-likeness (QED) is 0.0222. The summed E-state index contributed by atoms with van der Waals surface area (Å²) in [5.41, 5.74) is 0. The summed E-state index contributed by atoms with van der Waals surface area (Å²) < 4.78 is 68.6. The van der Waals surface area contributed by atoms with Crippen molar-refractivity contribution in [2.75, 3.05) is 39.6 Å². The van der Waals surface area contributed by atoms with Crippen molar-refractivity contribution in [3.05, 3.63) is 0 Å². The molecule has 4 unspecified atom stereocenters. The number of aliphatic hydroxyl groups excluding tert-OH is 1. The predicted molar refractivity (Wildman–Crippen MR) is 409 cm³/mol. The molecule has 7 atom stereocenters. The van der Waals surface area contributed by atoms with Crippen LogP contribution in [-0.2, 0) is 65.4 Å². The molecule has 0 saturated heterocycles. The summed E-state index contributed by atoms with van der Waals surface area (Å²) in [6, 6.07) is 0. The summed E-state index contributed by atoms with van der Waals surface area (Å²) >= 11 is 0. The van der Waals surface area contributed by atoms with Crippen LogP contribution in [0.2, 0.25) is 0 Å². The molecule has 0 aliphatic carbocycles. The molecule has 594 valence electrons. The number of aliphatic hydroxyl groups is 1. The van der Waals surface area contributed by atoms with Crippen LogP contribution >= 0.6 is 15.6 Å². The highest BCUT2D eigenvalue weighted by molar-refractivity contribution is 7.47. The lowest BCUT2D eigenvalue weighted by Crippen LogP contribution is -2.30. The summed E-state index contributed by atoms with van der Waals surface area (Å²) in [4.78, 5) is 72.9. The van der Waals surface area contributed by atoms with Gasteiger partial charge >= 0.3 is 39.5 Å². The molecular weight excluding hydrogens is 1310 g/mol. The van der Waals surface area contributed by atoms with Gasteiger partial charge in [-0.15, -0.1) is 0 Å². The molecule has 0 bridgehead atoms. The fraction of sp³-hybridized carbons (Fsp3) is 0.951. The molecule has 19 heteroatoms. The molecular formula is C81H158O17P2. The summed E-state index contributed by atoms with van der Waals surface area (Å²) in [7, 11) is -9.92. The van der Waals surface area contributed by atoms with Gasteiger partial charge in [0.05, 0.1) is 26.4 Å². The molecule has 0 radical (unpaired) electrons. The first-order valence-electron chi connectivity index (χ1n) is 41.8. The minimum atomic E-state index is -4.96. The first kappa shape index (κ1) is 98.1. The number of carbonyl (C=O) groups is 4. The zero-order chi connectivity index (χ0) is 73.8. The summed E-state index contributed by atoms with van der Waals surface area (Å²) in [6.45, 7) is 14.2. The van der Waals surface area contributed by atoms with Crippen LogP contribution in [0.25, 0.3) is 0 Å². The van der Waals surface area contributed by atoms with E-state index in [1.54, 1.807) is 0 Å². The molecule has 0 aromatic heterocycles. The van der Waals surface area contributed by atoms with Crippen LogP contribution in [0, 0.1) is 23.7 Å². The van der Waals surface area contributed by atoms with E-state index in [-0.39, 0.29) is 25.7 Å². The number of unbranched alkanes of at least 4 members (excludes halogenated alkanes) is 42. The number of phosphoric acid groups is 2. The molecule has 0 amide bonds. The standard InChI is InChI=1S/C81H158O17P2/c1-9-73(7)59-51-43-34-28-24-20-17-18-21-25-29-36-45-53-61-78(83)91-67-76(97-80(85)63-55-47-37-30-26-22-16-14-12-11-13-15-19-23-27-33-41-49-57-71(3)4)69-95-99(87,88)93-65-75(82)66-94-100(89,90)96-70-77(68-92-79(84)62-54-46-40-39-42-50-58-72(5)6)98-81(86)64-56-48-38-32-31-35-44-52-60-74(8)10-2/h71-77,82H,9-70H2,1-8H3,(H,87,88)(H,89,90)/t73?,74?,75-,76-,77-/m1/s1. The molecule has 3 N–H and O–H groups in total. The molecule has 0 spiro atoms. The molecule has 0 fully saturated rings. The molecule has 100 heavy (non-hydrogen) atoms. The molecule has 0 saturated carbocycles. The molecule has 0 aliphatic heterocycles. The smallest absolute Gasteiger partial charge is 0.462 e. The Labute approximate surface area is 613 Å². The fourth-order valence-electron chi connectivity index (χ4n) is 12.4. The van der Waals surface area contributed by atoms with Gasteiger partial charge in [0.2, 0.25) is 0 Å². The number of hydrogen-bond donors (Lipinski definition) is 3. The van der Waals surface area contributed by atoms with Gasteiger partial charge in [-0.3, -0.25) is 37.3 Å². The third kappa shape index (κ3) is 71.7. The maximum Gasteiger partial charge on any atom is 0.472 e. The van der Waals surface area contributed by atoms with Gasteiger partial charge in [-0.05, 0) is 49.4 Å². The zero-order valence-electron chi connectivity index (χ0n) is 65.8. The number of carbonyl (C=O) groups excluding carboxylic acids is 4. The maximum absolute atomic E-state index is 13.1. The van der Waals surface area contributed by atoms with Crippen LogP contribution in [0.5, 0.6) is 0 Å². The Balaban J connectivity index is 5.21. The minimum absolute atomic E-state index is 0.104. The summed E-state index contributed by atoms with van der Waals surface area (Å²) in [6.07, 6.45) is 57.1. The van der Waals surface area contributed by atoms with Crippen molar-refractivity contribution in [1.29, 1.82) is 0 Å². The average molecular weight is 1470 g/mol. The minimum Gasteiger partial charge on any atom is -0.462 e. The van der Waals surface area contributed by atoms with E-state index in [0.717, 1.165) is 114 Å². The Morgan fingerprint density at radius 3 is 0.710 bits per heavy atom. The van der Waals surface area contributed by atoms with Gasteiger partial charge in [0, 0.05) is 25.7 Å². The summed E-state index contributed by atoms with van der Waals surface area (Å²) in [5, 5.41) is 10.6. The van der Waals surface area contributed by atoms with E-state index < -0.39 is 97.5 Å². The molecule has 0 aromatic carbocycles. The Hall–Kier alpha value is -1.94. The second kappa shape index (κ2) is 70.1. The van der Waals surface area contributed by atoms with Gasteiger partial charge in [0.25, 0.3) is 0 Å². The molecule has 0 aromatic rings. The van der Waals surface area contributed by atoms with Crippen LogP contribution in [0.15, 0.2) is 0 Å². The van der Waals surface area contributed by atoms with E-state index in [9.17, 15) is 43.2 Å². The van der Waals surface area contributed by atoms with Crippen molar-refractivity contribution in [2.24, 2.45) is 23.7 Å². The third-order valence-electron chi connectivity index (χ3n) is 19.5. The van der Waals surface area contributed by atoms with Crippen molar-refractivity contribution in [3.63, 3.8) is 0 Å². The van der Waals surface area contributed by atoms with E-state index in [4.69, 9.17) is 37.0 Å². The maximum atomic E-state index is 13.1. The molecule has 0 heterocycles. The largest absolute Gasteiger partial charge is 0.472 e.